The van der Waals surface area contributed by atoms with Gasteiger partial charge in [0, 0.05) is 5.38 Å². The summed E-state index contributed by atoms with van der Waals surface area (Å²) in [5.41, 5.74) is -1.43. The Morgan fingerprint density at radius 3 is 2.90 bits per heavy atom. The molecule has 0 radical (unpaired) electrons. The van der Waals surface area contributed by atoms with Crippen LogP contribution in [-0.2, 0) is 16.0 Å². The maximum Gasteiger partial charge on any atom is 0.337 e. The van der Waals surface area contributed by atoms with Gasteiger partial charge in [0.15, 0.2) is 16.4 Å². The maximum atomic E-state index is 11.7. The summed E-state index contributed by atoms with van der Waals surface area (Å²) in [6.07, 6.45) is 1.55. The van der Waals surface area contributed by atoms with E-state index < -0.39 is 17.5 Å². The summed E-state index contributed by atoms with van der Waals surface area (Å²) in [4.78, 5) is 26.7. The van der Waals surface area contributed by atoms with Crippen molar-refractivity contribution in [3.63, 3.8) is 0 Å². The lowest BCUT2D eigenvalue weighted by molar-refractivity contribution is -0.156. The Morgan fingerprint density at radius 1 is 1.52 bits per heavy atom. The van der Waals surface area contributed by atoms with Crippen LogP contribution in [0.1, 0.15) is 12.6 Å². The molecule has 7 nitrogen and oxygen atoms in total. The van der Waals surface area contributed by atoms with Crippen molar-refractivity contribution in [1.29, 1.82) is 0 Å². The Hall–Kier alpha value is -2.19. The number of hydrogen-bond acceptors (Lipinski definition) is 6. The number of carbonyl (C=O) groups is 2. The minimum atomic E-state index is -1.99. The standard InChI is InChI=1S/C13H14N2O5S/c1-13(19,12(17)18)7-14-10(16)5-8-6-21-11(15-8)9-3-2-4-20-9/h2-4,6,19H,5,7H2,1H3,(H,14,16)(H,17,18). The molecule has 1 unspecified atom stereocenters. The molecule has 1 atom stereocenters. The van der Waals surface area contributed by atoms with E-state index in [0.717, 1.165) is 6.92 Å². The number of thiazole rings is 1. The second-order valence-electron chi connectivity index (χ2n) is 4.65. The van der Waals surface area contributed by atoms with Crippen LogP contribution in [0, 0.1) is 0 Å². The molecule has 112 valence electrons. The third kappa shape index (κ3) is 3.89. The number of carboxylic acids is 1. The highest BCUT2D eigenvalue weighted by Crippen LogP contribution is 2.24. The molecule has 0 aliphatic rings. The summed E-state index contributed by atoms with van der Waals surface area (Å²) < 4.78 is 5.21. The van der Waals surface area contributed by atoms with E-state index in [2.05, 4.69) is 10.3 Å². The van der Waals surface area contributed by atoms with E-state index in [0.29, 0.717) is 16.5 Å². The summed E-state index contributed by atoms with van der Waals surface area (Å²) >= 11 is 1.35. The van der Waals surface area contributed by atoms with E-state index in [1.54, 1.807) is 17.5 Å². The molecule has 8 heteroatoms. The van der Waals surface area contributed by atoms with E-state index in [1.807, 2.05) is 0 Å². The summed E-state index contributed by atoms with van der Waals surface area (Å²) in [5.74, 6) is -1.18. The van der Waals surface area contributed by atoms with Crippen LogP contribution >= 0.6 is 11.3 Å². The minimum Gasteiger partial charge on any atom is -0.479 e. The normalized spacial score (nSPS) is 13.6. The quantitative estimate of drug-likeness (QED) is 0.730. The predicted molar refractivity (Wildman–Crippen MR) is 74.8 cm³/mol. The molecule has 0 fully saturated rings. The van der Waals surface area contributed by atoms with Gasteiger partial charge in [-0.15, -0.1) is 11.3 Å². The second kappa shape index (κ2) is 6.06. The fraction of sp³-hybridized carbons (Fsp3) is 0.308. The van der Waals surface area contributed by atoms with Crippen LogP contribution in [-0.4, -0.2) is 39.2 Å². The van der Waals surface area contributed by atoms with E-state index in [4.69, 9.17) is 9.52 Å². The van der Waals surface area contributed by atoms with Crippen LogP contribution in [0.3, 0.4) is 0 Å². The molecule has 0 saturated heterocycles. The van der Waals surface area contributed by atoms with Gasteiger partial charge >= 0.3 is 5.97 Å². The number of aromatic nitrogens is 1. The predicted octanol–water partition coefficient (Wildman–Crippen LogP) is 0.897. The smallest absolute Gasteiger partial charge is 0.337 e. The van der Waals surface area contributed by atoms with Crippen molar-refractivity contribution in [3.05, 3.63) is 29.5 Å². The number of aliphatic hydroxyl groups is 1. The average molecular weight is 310 g/mol. The molecular formula is C13H14N2O5S. The van der Waals surface area contributed by atoms with Gasteiger partial charge in [-0.25, -0.2) is 9.78 Å². The molecule has 1 amide bonds. The Labute approximate surface area is 124 Å². The van der Waals surface area contributed by atoms with Crippen LogP contribution in [0.25, 0.3) is 10.8 Å². The lowest BCUT2D eigenvalue weighted by Gasteiger charge is -2.17. The molecule has 3 N–H and O–H groups in total. The first-order chi connectivity index (χ1) is 9.88. The Morgan fingerprint density at radius 2 is 2.29 bits per heavy atom. The maximum absolute atomic E-state index is 11.7. The van der Waals surface area contributed by atoms with E-state index in [1.165, 1.54) is 17.6 Å². The van der Waals surface area contributed by atoms with Crippen molar-refractivity contribution in [2.45, 2.75) is 18.9 Å². The molecule has 2 aromatic rings. The van der Waals surface area contributed by atoms with Gasteiger partial charge in [-0.3, -0.25) is 4.79 Å². The number of nitrogens with one attached hydrogen (secondary N) is 1. The number of hydrogen-bond donors (Lipinski definition) is 3. The molecule has 2 rings (SSSR count). The number of aliphatic carboxylic acids is 1. The van der Waals surface area contributed by atoms with Gasteiger partial charge in [0.05, 0.1) is 24.9 Å². The molecule has 0 aliphatic heterocycles. The van der Waals surface area contributed by atoms with Gasteiger partial charge in [-0.2, -0.15) is 0 Å². The number of furan rings is 1. The highest BCUT2D eigenvalue weighted by molar-refractivity contribution is 7.13. The molecule has 0 spiro atoms. The zero-order valence-corrected chi connectivity index (χ0v) is 12.0. The molecule has 2 heterocycles. The van der Waals surface area contributed by atoms with Gasteiger partial charge in [0.1, 0.15) is 0 Å². The summed E-state index contributed by atoms with van der Waals surface area (Å²) in [7, 11) is 0. The van der Waals surface area contributed by atoms with Crippen LogP contribution in [0.2, 0.25) is 0 Å². The fourth-order valence-corrected chi connectivity index (χ4v) is 2.26. The number of rotatable bonds is 6. The molecule has 21 heavy (non-hydrogen) atoms. The van der Waals surface area contributed by atoms with Crippen molar-refractivity contribution in [1.82, 2.24) is 10.3 Å². The van der Waals surface area contributed by atoms with Crippen molar-refractivity contribution in [3.8, 4) is 10.8 Å². The fourth-order valence-electron chi connectivity index (χ4n) is 1.47. The monoisotopic (exact) mass is 310 g/mol. The highest BCUT2D eigenvalue weighted by atomic mass is 32.1. The SMILES string of the molecule is CC(O)(CNC(=O)Cc1csc(-c2ccco2)n1)C(=O)O. The van der Waals surface area contributed by atoms with E-state index in [-0.39, 0.29) is 13.0 Å². The van der Waals surface area contributed by atoms with Crippen LogP contribution < -0.4 is 5.32 Å². The second-order valence-corrected chi connectivity index (χ2v) is 5.51. The summed E-state index contributed by atoms with van der Waals surface area (Å²) in [5, 5.41) is 23.0. The number of carbonyl (C=O) groups excluding carboxylic acids is 1. The third-order valence-electron chi connectivity index (χ3n) is 2.72. The van der Waals surface area contributed by atoms with Crippen molar-refractivity contribution >= 4 is 23.2 Å². The van der Waals surface area contributed by atoms with E-state index >= 15 is 0 Å². The lowest BCUT2D eigenvalue weighted by Crippen LogP contribution is -2.46. The Balaban J connectivity index is 1.90. The van der Waals surface area contributed by atoms with Gasteiger partial charge < -0.3 is 19.9 Å². The summed E-state index contributed by atoms with van der Waals surface area (Å²) in [6.45, 7) is 0.754. The molecule has 0 bridgehead atoms. The summed E-state index contributed by atoms with van der Waals surface area (Å²) in [6, 6.07) is 3.52. The number of carboxylic acid groups (broad SMARTS) is 1. The molecule has 0 aliphatic carbocycles. The first-order valence-corrected chi connectivity index (χ1v) is 6.97. The molecule has 2 aromatic heterocycles. The van der Waals surface area contributed by atoms with Crippen molar-refractivity contribution in [2.75, 3.05) is 6.54 Å². The zero-order valence-electron chi connectivity index (χ0n) is 11.2. The number of nitrogens with zero attached hydrogens (tertiary/aromatic N) is 1. The first kappa shape index (κ1) is 15.2. The van der Waals surface area contributed by atoms with E-state index in [9.17, 15) is 14.7 Å². The zero-order chi connectivity index (χ0) is 15.5. The highest BCUT2D eigenvalue weighted by Gasteiger charge is 2.30. The first-order valence-electron chi connectivity index (χ1n) is 6.09. The average Bonchev–Trinajstić information content (AvgIpc) is 3.06. The molecular weight excluding hydrogens is 296 g/mol. The van der Waals surface area contributed by atoms with Gasteiger partial charge in [-0.05, 0) is 19.1 Å². The van der Waals surface area contributed by atoms with Crippen LogP contribution in [0.4, 0.5) is 0 Å². The third-order valence-corrected chi connectivity index (χ3v) is 3.62. The molecule has 0 aromatic carbocycles. The molecule has 0 saturated carbocycles. The lowest BCUT2D eigenvalue weighted by atomic mass is 10.1. The topological polar surface area (TPSA) is 113 Å². The van der Waals surface area contributed by atoms with Crippen LogP contribution in [0.15, 0.2) is 28.2 Å². The number of amides is 1. The Bertz CT molecular complexity index is 633. The Kier molecular flexibility index (Phi) is 4.39. The van der Waals surface area contributed by atoms with Crippen LogP contribution in [0.5, 0.6) is 0 Å². The van der Waals surface area contributed by atoms with Crippen molar-refractivity contribution in [2.24, 2.45) is 0 Å². The van der Waals surface area contributed by atoms with Gasteiger partial charge in [-0.1, -0.05) is 0 Å². The van der Waals surface area contributed by atoms with Gasteiger partial charge in [0.2, 0.25) is 5.91 Å². The minimum absolute atomic E-state index is 0.00685. The van der Waals surface area contributed by atoms with Gasteiger partial charge in [0.25, 0.3) is 0 Å². The van der Waals surface area contributed by atoms with Crippen molar-refractivity contribution < 1.29 is 24.2 Å². The largest absolute Gasteiger partial charge is 0.479 e.